The molecule has 24 heavy (non-hydrogen) atoms. The summed E-state index contributed by atoms with van der Waals surface area (Å²) in [6.07, 6.45) is -0.469. The van der Waals surface area contributed by atoms with Crippen molar-refractivity contribution in [1.82, 2.24) is 5.32 Å². The second-order valence-corrected chi connectivity index (χ2v) is 6.73. The zero-order valence-corrected chi connectivity index (χ0v) is 15.1. The molecule has 0 heterocycles. The maximum absolute atomic E-state index is 13.3. The monoisotopic (exact) mass is 341 g/mol. The van der Waals surface area contributed by atoms with Crippen LogP contribution in [-0.4, -0.2) is 38.1 Å². The number of nitrogens with one attached hydrogen (secondary N) is 1. The lowest BCUT2D eigenvalue weighted by molar-refractivity contribution is 0.0488. The van der Waals surface area contributed by atoms with E-state index in [1.54, 1.807) is 26.8 Å². The first kappa shape index (κ1) is 20.2. The Kier molecular flexibility index (Phi) is 7.98. The van der Waals surface area contributed by atoms with Crippen LogP contribution in [0.25, 0.3) is 0 Å². The van der Waals surface area contributed by atoms with Crippen LogP contribution in [0.4, 0.5) is 9.18 Å². The highest BCUT2D eigenvalue weighted by atomic mass is 19.1. The summed E-state index contributed by atoms with van der Waals surface area (Å²) >= 11 is 0. The van der Waals surface area contributed by atoms with Gasteiger partial charge in [0.05, 0.1) is 13.2 Å². The van der Waals surface area contributed by atoms with Crippen molar-refractivity contribution >= 4 is 6.09 Å². The average molecular weight is 341 g/mol. The fourth-order valence-corrected chi connectivity index (χ4v) is 1.96. The highest BCUT2D eigenvalue weighted by molar-refractivity contribution is 5.67. The van der Waals surface area contributed by atoms with Crippen LogP contribution in [0.1, 0.15) is 46.1 Å². The summed E-state index contributed by atoms with van der Waals surface area (Å²) in [7, 11) is 0. The molecule has 1 aromatic rings. The first-order chi connectivity index (χ1) is 11.2. The van der Waals surface area contributed by atoms with Crippen LogP contribution < -0.4 is 10.1 Å². The van der Waals surface area contributed by atoms with Crippen LogP contribution in [0, 0.1) is 5.82 Å². The van der Waals surface area contributed by atoms with Gasteiger partial charge in [0.2, 0.25) is 0 Å². The summed E-state index contributed by atoms with van der Waals surface area (Å²) < 4.78 is 29.4. The van der Waals surface area contributed by atoms with Crippen molar-refractivity contribution in [2.75, 3.05) is 26.4 Å². The minimum atomic E-state index is -0.516. The van der Waals surface area contributed by atoms with Crippen molar-refractivity contribution in [2.45, 2.75) is 46.1 Å². The van der Waals surface area contributed by atoms with Crippen LogP contribution in [0.15, 0.2) is 18.2 Å². The number of alkyl carbamates (subject to hydrolysis) is 1. The van der Waals surface area contributed by atoms with E-state index in [-0.39, 0.29) is 11.7 Å². The third-order valence-electron chi connectivity index (χ3n) is 3.00. The van der Waals surface area contributed by atoms with E-state index in [1.165, 1.54) is 12.1 Å². The van der Waals surface area contributed by atoms with Gasteiger partial charge in [-0.25, -0.2) is 9.18 Å². The molecule has 1 amide bonds. The van der Waals surface area contributed by atoms with Crippen LogP contribution >= 0.6 is 0 Å². The quantitative estimate of drug-likeness (QED) is 0.729. The Bertz CT molecular complexity index is 526. The summed E-state index contributed by atoms with van der Waals surface area (Å²) in [6.45, 7) is 10.8. The Labute approximate surface area is 143 Å². The molecule has 0 aliphatic rings. The second-order valence-electron chi connectivity index (χ2n) is 6.73. The zero-order valence-electron chi connectivity index (χ0n) is 15.1. The summed E-state index contributed by atoms with van der Waals surface area (Å²) in [6, 6.07) is 4.56. The molecule has 1 aromatic carbocycles. The van der Waals surface area contributed by atoms with E-state index in [1.807, 2.05) is 13.8 Å². The van der Waals surface area contributed by atoms with E-state index >= 15 is 0 Å². The van der Waals surface area contributed by atoms with E-state index in [0.717, 1.165) is 5.56 Å². The minimum Gasteiger partial charge on any atom is -0.491 e. The number of ether oxygens (including phenoxy) is 3. The number of hydrogen-bond donors (Lipinski definition) is 1. The SMILES string of the molecule is CC(C)c1ccc(F)cc1OCCOCCNC(=O)OC(C)(C)C. The Morgan fingerprint density at radius 3 is 2.54 bits per heavy atom. The van der Waals surface area contributed by atoms with E-state index in [0.29, 0.717) is 32.1 Å². The largest absolute Gasteiger partial charge is 0.491 e. The molecule has 0 fully saturated rings. The Balaban J connectivity index is 2.21. The molecule has 6 heteroatoms. The lowest BCUT2D eigenvalue weighted by Crippen LogP contribution is -2.34. The van der Waals surface area contributed by atoms with Gasteiger partial charge >= 0.3 is 6.09 Å². The van der Waals surface area contributed by atoms with Crippen molar-refractivity contribution in [2.24, 2.45) is 0 Å². The van der Waals surface area contributed by atoms with Gasteiger partial charge in [0.15, 0.2) is 0 Å². The summed E-state index contributed by atoms with van der Waals surface area (Å²) in [5, 5.41) is 2.60. The number of amides is 1. The van der Waals surface area contributed by atoms with E-state index in [9.17, 15) is 9.18 Å². The van der Waals surface area contributed by atoms with Crippen molar-refractivity contribution in [3.05, 3.63) is 29.6 Å². The number of carbonyl (C=O) groups is 1. The number of benzene rings is 1. The van der Waals surface area contributed by atoms with Gasteiger partial charge in [-0.05, 0) is 38.3 Å². The van der Waals surface area contributed by atoms with Gasteiger partial charge < -0.3 is 19.5 Å². The molecule has 0 spiro atoms. The molecule has 0 aliphatic heterocycles. The van der Waals surface area contributed by atoms with Crippen molar-refractivity contribution < 1.29 is 23.4 Å². The Morgan fingerprint density at radius 2 is 1.92 bits per heavy atom. The van der Waals surface area contributed by atoms with Gasteiger partial charge in [-0.1, -0.05) is 19.9 Å². The molecular weight excluding hydrogens is 313 g/mol. The predicted octanol–water partition coefficient (Wildman–Crippen LogP) is 3.87. The molecule has 0 bridgehead atoms. The maximum atomic E-state index is 13.3. The molecule has 5 nitrogen and oxygen atoms in total. The first-order valence-electron chi connectivity index (χ1n) is 8.16. The standard InChI is InChI=1S/C18H28FNO4/c1-13(2)15-7-6-14(19)12-16(15)23-11-10-22-9-8-20-17(21)24-18(3,4)5/h6-7,12-13H,8-11H2,1-5H3,(H,20,21). The molecule has 1 N–H and O–H groups in total. The number of hydrogen-bond acceptors (Lipinski definition) is 4. The van der Waals surface area contributed by atoms with Crippen molar-refractivity contribution in [3.63, 3.8) is 0 Å². The lowest BCUT2D eigenvalue weighted by atomic mass is 10.0. The normalized spacial score (nSPS) is 11.5. The van der Waals surface area contributed by atoms with Crippen molar-refractivity contribution in [3.8, 4) is 5.75 Å². The third-order valence-corrected chi connectivity index (χ3v) is 3.00. The Morgan fingerprint density at radius 1 is 1.21 bits per heavy atom. The molecule has 0 aliphatic carbocycles. The van der Waals surface area contributed by atoms with Gasteiger partial charge in [-0.15, -0.1) is 0 Å². The first-order valence-corrected chi connectivity index (χ1v) is 8.16. The second kappa shape index (κ2) is 9.47. The molecule has 1 rings (SSSR count). The summed E-state index contributed by atoms with van der Waals surface area (Å²) in [5.41, 5.74) is 0.445. The maximum Gasteiger partial charge on any atom is 0.407 e. The molecule has 0 unspecified atom stereocenters. The average Bonchev–Trinajstić information content (AvgIpc) is 2.44. The van der Waals surface area contributed by atoms with Gasteiger partial charge in [0.25, 0.3) is 0 Å². The molecular formula is C18H28FNO4. The fraction of sp³-hybridized carbons (Fsp3) is 0.611. The van der Waals surface area contributed by atoms with Gasteiger partial charge in [-0.2, -0.15) is 0 Å². The molecule has 0 saturated carbocycles. The molecule has 0 aromatic heterocycles. The molecule has 0 atom stereocenters. The summed E-state index contributed by atoms with van der Waals surface area (Å²) in [5.74, 6) is 0.469. The fourth-order valence-electron chi connectivity index (χ4n) is 1.96. The highest BCUT2D eigenvalue weighted by Crippen LogP contribution is 2.27. The lowest BCUT2D eigenvalue weighted by Gasteiger charge is -2.19. The van der Waals surface area contributed by atoms with Crippen LogP contribution in [0.5, 0.6) is 5.75 Å². The smallest absolute Gasteiger partial charge is 0.407 e. The minimum absolute atomic E-state index is 0.250. The van der Waals surface area contributed by atoms with E-state index < -0.39 is 11.7 Å². The molecule has 136 valence electrons. The third kappa shape index (κ3) is 8.15. The van der Waals surface area contributed by atoms with Crippen molar-refractivity contribution in [1.29, 1.82) is 0 Å². The van der Waals surface area contributed by atoms with Gasteiger partial charge in [0, 0.05) is 12.6 Å². The van der Waals surface area contributed by atoms with E-state index in [2.05, 4.69) is 5.32 Å². The summed E-state index contributed by atoms with van der Waals surface area (Å²) in [4.78, 5) is 11.4. The highest BCUT2D eigenvalue weighted by Gasteiger charge is 2.15. The van der Waals surface area contributed by atoms with Gasteiger partial charge in [0.1, 0.15) is 23.8 Å². The van der Waals surface area contributed by atoms with Crippen LogP contribution in [-0.2, 0) is 9.47 Å². The zero-order chi connectivity index (χ0) is 18.2. The van der Waals surface area contributed by atoms with Gasteiger partial charge in [-0.3, -0.25) is 0 Å². The Hall–Kier alpha value is -1.82. The number of halogens is 1. The molecule has 0 radical (unpaired) electrons. The van der Waals surface area contributed by atoms with Crippen LogP contribution in [0.2, 0.25) is 0 Å². The molecule has 0 saturated heterocycles. The van der Waals surface area contributed by atoms with E-state index in [4.69, 9.17) is 14.2 Å². The predicted molar refractivity (Wildman–Crippen MR) is 91.0 cm³/mol. The van der Waals surface area contributed by atoms with Crippen LogP contribution in [0.3, 0.4) is 0 Å². The number of rotatable bonds is 8. The topological polar surface area (TPSA) is 56.8 Å². The number of carbonyl (C=O) groups excluding carboxylic acids is 1.